The van der Waals surface area contributed by atoms with Crippen LogP contribution in [-0.2, 0) is 9.53 Å². The van der Waals surface area contributed by atoms with Crippen molar-refractivity contribution in [2.75, 3.05) is 17.2 Å². The highest BCUT2D eigenvalue weighted by Crippen LogP contribution is 2.24. The number of nitrogens with one attached hydrogen (secondary N) is 2. The van der Waals surface area contributed by atoms with Gasteiger partial charge in [-0.15, -0.1) is 0 Å². The highest BCUT2D eigenvalue weighted by molar-refractivity contribution is 7.17. The first kappa shape index (κ1) is 18.6. The van der Waals surface area contributed by atoms with Crippen LogP contribution in [0.3, 0.4) is 0 Å². The van der Waals surface area contributed by atoms with Crippen molar-refractivity contribution < 1.29 is 19.1 Å². The van der Waals surface area contributed by atoms with E-state index in [9.17, 15) is 14.4 Å². The Balaban J connectivity index is 2.12. The number of benzene rings is 1. The normalized spacial score (nSPS) is 10.2. The Morgan fingerprint density at radius 1 is 1.20 bits per heavy atom. The predicted octanol–water partition coefficient (Wildman–Crippen LogP) is 3.23. The molecule has 25 heavy (non-hydrogen) atoms. The molecule has 0 unspecified atom stereocenters. The van der Waals surface area contributed by atoms with Gasteiger partial charge in [-0.25, -0.2) is 9.78 Å². The molecule has 0 saturated carbocycles. The lowest BCUT2D eigenvalue weighted by molar-refractivity contribution is -0.115. The Morgan fingerprint density at radius 2 is 1.96 bits per heavy atom. The molecule has 0 fully saturated rings. The largest absolute Gasteiger partial charge is 0.462 e. The van der Waals surface area contributed by atoms with Crippen LogP contribution in [0.25, 0.3) is 0 Å². The molecule has 8 heteroatoms. The van der Waals surface area contributed by atoms with Crippen molar-refractivity contribution in [3.8, 4) is 0 Å². The van der Waals surface area contributed by atoms with Gasteiger partial charge in [0.25, 0.3) is 5.91 Å². The molecular weight excluding hydrogens is 342 g/mol. The van der Waals surface area contributed by atoms with Crippen molar-refractivity contribution in [2.45, 2.75) is 27.2 Å². The van der Waals surface area contributed by atoms with E-state index in [1.807, 2.05) is 0 Å². The second-order valence-electron chi connectivity index (χ2n) is 5.09. The molecule has 2 rings (SSSR count). The van der Waals surface area contributed by atoms with Gasteiger partial charge < -0.3 is 10.1 Å². The van der Waals surface area contributed by atoms with Gasteiger partial charge in [0.05, 0.1) is 12.3 Å². The third kappa shape index (κ3) is 4.87. The van der Waals surface area contributed by atoms with Crippen LogP contribution >= 0.6 is 11.3 Å². The monoisotopic (exact) mass is 361 g/mol. The lowest BCUT2D eigenvalue weighted by Crippen LogP contribution is -2.13. The molecule has 2 N–H and O–H groups in total. The molecule has 0 atom stereocenters. The smallest absolute Gasteiger partial charge is 0.350 e. The first-order valence-corrected chi connectivity index (χ1v) is 8.62. The lowest BCUT2D eigenvalue weighted by Gasteiger charge is -2.06. The van der Waals surface area contributed by atoms with Gasteiger partial charge in [0.15, 0.2) is 5.13 Å². The summed E-state index contributed by atoms with van der Waals surface area (Å²) in [4.78, 5) is 40.2. The highest BCUT2D eigenvalue weighted by Gasteiger charge is 2.18. The number of hydrogen-bond donors (Lipinski definition) is 2. The van der Waals surface area contributed by atoms with Gasteiger partial charge >= 0.3 is 5.97 Å². The van der Waals surface area contributed by atoms with Gasteiger partial charge in [-0.05, 0) is 32.0 Å². The van der Waals surface area contributed by atoms with E-state index in [0.717, 1.165) is 11.3 Å². The predicted molar refractivity (Wildman–Crippen MR) is 96.1 cm³/mol. The minimum Gasteiger partial charge on any atom is -0.462 e. The number of carbonyl (C=O) groups excluding carboxylic acids is 3. The summed E-state index contributed by atoms with van der Waals surface area (Å²) in [5.41, 5.74) is 1.42. The quantitative estimate of drug-likeness (QED) is 0.770. The van der Waals surface area contributed by atoms with Crippen LogP contribution in [0.4, 0.5) is 10.8 Å². The van der Waals surface area contributed by atoms with Crippen LogP contribution < -0.4 is 10.6 Å². The number of hydrogen-bond acceptors (Lipinski definition) is 6. The Kier molecular flexibility index (Phi) is 6.24. The lowest BCUT2D eigenvalue weighted by atomic mass is 10.2. The number of carbonyl (C=O) groups is 3. The zero-order valence-corrected chi connectivity index (χ0v) is 15.0. The summed E-state index contributed by atoms with van der Waals surface area (Å²) in [5, 5.41) is 5.67. The number of nitrogens with zero attached hydrogens (tertiary/aromatic N) is 1. The molecule has 2 aromatic rings. The SMILES string of the molecule is CCOC(=O)c1sc(NC(=O)c2cccc(NC(=O)CC)c2)nc1C. The van der Waals surface area contributed by atoms with Crippen molar-refractivity contribution >= 4 is 39.9 Å². The summed E-state index contributed by atoms with van der Waals surface area (Å²) in [5.74, 6) is -0.966. The minimum atomic E-state index is -0.456. The fourth-order valence-corrected chi connectivity index (χ4v) is 2.85. The maximum absolute atomic E-state index is 12.4. The average Bonchev–Trinajstić information content (AvgIpc) is 2.95. The molecule has 0 radical (unpaired) electrons. The summed E-state index contributed by atoms with van der Waals surface area (Å²) >= 11 is 1.06. The second kappa shape index (κ2) is 8.39. The van der Waals surface area contributed by atoms with Gasteiger partial charge in [0.2, 0.25) is 5.91 Å². The summed E-state index contributed by atoms with van der Waals surface area (Å²) in [6.07, 6.45) is 0.353. The van der Waals surface area contributed by atoms with Crippen LogP contribution in [0, 0.1) is 6.92 Å². The Bertz CT molecular complexity index is 801. The molecule has 2 amide bonds. The first-order chi connectivity index (χ1) is 11.9. The van der Waals surface area contributed by atoms with Crippen molar-refractivity contribution in [1.82, 2.24) is 4.98 Å². The maximum Gasteiger partial charge on any atom is 0.350 e. The number of amides is 2. The summed E-state index contributed by atoms with van der Waals surface area (Å²) in [6, 6.07) is 6.59. The Labute approximate surface area is 149 Å². The fraction of sp³-hybridized carbons (Fsp3) is 0.294. The van der Waals surface area contributed by atoms with Crippen LogP contribution in [0.5, 0.6) is 0 Å². The molecule has 0 bridgehead atoms. The van der Waals surface area contributed by atoms with E-state index < -0.39 is 5.97 Å². The summed E-state index contributed by atoms with van der Waals surface area (Å²) in [6.45, 7) is 5.42. The van der Waals surface area contributed by atoms with Gasteiger partial charge in [-0.1, -0.05) is 24.3 Å². The topological polar surface area (TPSA) is 97.4 Å². The summed E-state index contributed by atoms with van der Waals surface area (Å²) < 4.78 is 4.95. The number of esters is 1. The first-order valence-electron chi connectivity index (χ1n) is 7.80. The molecule has 0 aliphatic carbocycles. The van der Waals surface area contributed by atoms with Crippen LogP contribution in [0.2, 0.25) is 0 Å². The zero-order chi connectivity index (χ0) is 18.4. The third-order valence-corrected chi connectivity index (χ3v) is 4.26. The molecule has 132 valence electrons. The van der Waals surface area contributed by atoms with Crippen LogP contribution in [0.15, 0.2) is 24.3 Å². The highest BCUT2D eigenvalue weighted by atomic mass is 32.1. The van der Waals surface area contributed by atoms with Crippen molar-refractivity contribution in [2.24, 2.45) is 0 Å². The molecule has 1 heterocycles. The van der Waals surface area contributed by atoms with Crippen LogP contribution in [-0.4, -0.2) is 29.4 Å². The minimum absolute atomic E-state index is 0.132. The van der Waals surface area contributed by atoms with Gasteiger partial charge in [0.1, 0.15) is 4.88 Å². The molecule has 0 aliphatic rings. The van der Waals surface area contributed by atoms with E-state index in [2.05, 4.69) is 15.6 Å². The van der Waals surface area contributed by atoms with E-state index >= 15 is 0 Å². The number of aryl methyl sites for hydroxylation is 1. The van der Waals surface area contributed by atoms with Crippen molar-refractivity contribution in [3.63, 3.8) is 0 Å². The molecule has 0 spiro atoms. The van der Waals surface area contributed by atoms with E-state index in [-0.39, 0.29) is 18.4 Å². The molecular formula is C17H19N3O4S. The van der Waals surface area contributed by atoms with Gasteiger partial charge in [-0.2, -0.15) is 0 Å². The van der Waals surface area contributed by atoms with E-state index in [1.54, 1.807) is 45.0 Å². The number of anilines is 2. The van der Waals surface area contributed by atoms with Crippen molar-refractivity contribution in [3.05, 3.63) is 40.4 Å². The standard InChI is InChI=1S/C17H19N3O4S/c1-4-13(21)19-12-8-6-7-11(9-12)15(22)20-17-18-10(3)14(25-17)16(23)24-5-2/h6-9H,4-5H2,1-3H3,(H,19,21)(H,18,20,22). The molecule has 0 aliphatic heterocycles. The molecule has 1 aromatic heterocycles. The number of aromatic nitrogens is 1. The Hall–Kier alpha value is -2.74. The fourth-order valence-electron chi connectivity index (χ4n) is 1.99. The second-order valence-corrected chi connectivity index (χ2v) is 6.09. The molecule has 0 saturated heterocycles. The molecule has 7 nitrogen and oxygen atoms in total. The van der Waals surface area contributed by atoms with E-state index in [1.165, 1.54) is 0 Å². The average molecular weight is 361 g/mol. The third-order valence-electron chi connectivity index (χ3n) is 3.21. The number of rotatable bonds is 6. The number of ether oxygens (including phenoxy) is 1. The van der Waals surface area contributed by atoms with E-state index in [4.69, 9.17) is 4.74 Å². The number of thiazole rings is 1. The van der Waals surface area contributed by atoms with Crippen LogP contribution in [0.1, 0.15) is 46.0 Å². The zero-order valence-electron chi connectivity index (χ0n) is 14.2. The maximum atomic E-state index is 12.4. The van der Waals surface area contributed by atoms with E-state index in [0.29, 0.717) is 33.4 Å². The Morgan fingerprint density at radius 3 is 2.64 bits per heavy atom. The van der Waals surface area contributed by atoms with Crippen molar-refractivity contribution in [1.29, 1.82) is 0 Å². The summed E-state index contributed by atoms with van der Waals surface area (Å²) in [7, 11) is 0. The van der Waals surface area contributed by atoms with Gasteiger partial charge in [0, 0.05) is 17.7 Å². The molecule has 1 aromatic carbocycles. The van der Waals surface area contributed by atoms with Gasteiger partial charge in [-0.3, -0.25) is 14.9 Å².